The lowest BCUT2D eigenvalue weighted by Crippen LogP contribution is -2.59. The number of rotatable bonds is 3. The molecule has 1 atom stereocenters. The van der Waals surface area contributed by atoms with Crippen LogP contribution >= 0.6 is 0 Å². The number of halogens is 1. The molecule has 1 aliphatic heterocycles. The molecule has 0 aromatic heterocycles. The van der Waals surface area contributed by atoms with Gasteiger partial charge >= 0.3 is 0 Å². The van der Waals surface area contributed by atoms with E-state index in [2.05, 4.69) is 29.2 Å². The summed E-state index contributed by atoms with van der Waals surface area (Å²) in [6.07, 6.45) is 3.17. The molecule has 1 saturated carbocycles. The number of nitrogens with zero attached hydrogens (tertiary/aromatic N) is 1. The third-order valence-corrected chi connectivity index (χ3v) is 4.08. The van der Waals surface area contributed by atoms with Gasteiger partial charge in [-0.1, -0.05) is 30.3 Å². The highest BCUT2D eigenvalue weighted by Gasteiger charge is 2.45. The number of hydrogen-bond acceptors (Lipinski definition) is 2. The molecule has 2 fully saturated rings. The zero-order valence-electron chi connectivity index (χ0n) is 10.6. The van der Waals surface area contributed by atoms with Crippen molar-refractivity contribution >= 4 is 0 Å². The molecule has 18 heavy (non-hydrogen) atoms. The van der Waals surface area contributed by atoms with E-state index in [0.29, 0.717) is 6.54 Å². The van der Waals surface area contributed by atoms with Gasteiger partial charge in [0.15, 0.2) is 0 Å². The van der Waals surface area contributed by atoms with Crippen molar-refractivity contribution in [3.05, 3.63) is 35.9 Å². The summed E-state index contributed by atoms with van der Waals surface area (Å²) in [7, 11) is 0. The van der Waals surface area contributed by atoms with Gasteiger partial charge in [-0.25, -0.2) is 4.39 Å². The van der Waals surface area contributed by atoms with Crippen molar-refractivity contribution < 1.29 is 9.13 Å². The second-order valence-electron chi connectivity index (χ2n) is 5.59. The molecule has 0 N–H and O–H groups in total. The molecule has 98 valence electrons. The lowest BCUT2D eigenvalue weighted by atomic mass is 9.78. The summed E-state index contributed by atoms with van der Waals surface area (Å²) in [5, 5.41) is 0. The van der Waals surface area contributed by atoms with Crippen LogP contribution in [0.1, 0.15) is 24.8 Å². The quantitative estimate of drug-likeness (QED) is 0.816. The molecule has 1 saturated heterocycles. The van der Waals surface area contributed by atoms with Crippen LogP contribution in [-0.2, 0) is 11.3 Å². The van der Waals surface area contributed by atoms with Gasteiger partial charge in [-0.15, -0.1) is 0 Å². The van der Waals surface area contributed by atoms with Crippen molar-refractivity contribution in [2.75, 3.05) is 19.8 Å². The Morgan fingerprint density at radius 3 is 2.67 bits per heavy atom. The van der Waals surface area contributed by atoms with E-state index < -0.39 is 0 Å². The van der Waals surface area contributed by atoms with Crippen LogP contribution in [0.3, 0.4) is 0 Å². The van der Waals surface area contributed by atoms with Crippen molar-refractivity contribution in [2.45, 2.75) is 37.5 Å². The van der Waals surface area contributed by atoms with Gasteiger partial charge in [-0.3, -0.25) is 4.90 Å². The minimum Gasteiger partial charge on any atom is -0.366 e. The normalized spacial score (nSPS) is 27.1. The van der Waals surface area contributed by atoms with Crippen molar-refractivity contribution in [3.63, 3.8) is 0 Å². The Morgan fingerprint density at radius 1 is 1.28 bits per heavy atom. The molecule has 1 heterocycles. The first-order valence-electron chi connectivity index (χ1n) is 6.80. The Morgan fingerprint density at radius 2 is 2.06 bits per heavy atom. The van der Waals surface area contributed by atoms with Gasteiger partial charge in [0.1, 0.15) is 6.67 Å². The van der Waals surface area contributed by atoms with Crippen molar-refractivity contribution in [1.29, 1.82) is 0 Å². The molecule has 0 radical (unpaired) electrons. The van der Waals surface area contributed by atoms with Crippen molar-refractivity contribution in [1.82, 2.24) is 4.90 Å². The second-order valence-corrected chi connectivity index (χ2v) is 5.59. The summed E-state index contributed by atoms with van der Waals surface area (Å²) < 4.78 is 18.9. The fourth-order valence-corrected chi connectivity index (χ4v) is 3.08. The van der Waals surface area contributed by atoms with Crippen molar-refractivity contribution in [2.24, 2.45) is 0 Å². The van der Waals surface area contributed by atoms with E-state index in [9.17, 15) is 4.39 Å². The highest BCUT2D eigenvalue weighted by molar-refractivity contribution is 5.15. The smallest absolute Gasteiger partial charge is 0.117 e. The fourth-order valence-electron chi connectivity index (χ4n) is 3.08. The minimum absolute atomic E-state index is 0.0379. The highest BCUT2D eigenvalue weighted by atomic mass is 19.1. The van der Waals surface area contributed by atoms with Crippen LogP contribution < -0.4 is 0 Å². The number of ether oxygens (including phenoxy) is 1. The van der Waals surface area contributed by atoms with Gasteiger partial charge in [0.2, 0.25) is 0 Å². The summed E-state index contributed by atoms with van der Waals surface area (Å²) in [6.45, 7) is 2.21. The molecule has 1 aromatic carbocycles. The molecule has 2 aliphatic rings. The van der Waals surface area contributed by atoms with Crippen LogP contribution in [0, 0.1) is 0 Å². The summed E-state index contributed by atoms with van der Waals surface area (Å²) in [6, 6.07) is 10.4. The van der Waals surface area contributed by atoms with Gasteiger partial charge < -0.3 is 4.74 Å². The first-order chi connectivity index (χ1) is 8.80. The van der Waals surface area contributed by atoms with E-state index in [-0.39, 0.29) is 18.4 Å². The van der Waals surface area contributed by atoms with E-state index in [1.54, 1.807) is 0 Å². The standard InChI is InChI=1S/C15H20FNO/c16-9-14-11-17(10-13-5-2-1-3-6-13)12-15(18-14)7-4-8-15/h1-3,5-6,14H,4,7-12H2. The molecule has 0 bridgehead atoms. The number of benzene rings is 1. The maximum atomic E-state index is 12.9. The van der Waals surface area contributed by atoms with Crippen LogP contribution in [-0.4, -0.2) is 36.4 Å². The predicted octanol–water partition coefficient (Wildman–Crippen LogP) is 2.78. The van der Waals surface area contributed by atoms with E-state index in [0.717, 1.165) is 25.9 Å². The molecule has 1 aliphatic carbocycles. The van der Waals surface area contributed by atoms with Gasteiger partial charge in [0, 0.05) is 19.6 Å². The molecule has 0 amide bonds. The Labute approximate surface area is 108 Å². The molecule has 1 spiro atoms. The van der Waals surface area contributed by atoms with Gasteiger partial charge in [0.05, 0.1) is 11.7 Å². The average molecular weight is 249 g/mol. The predicted molar refractivity (Wildman–Crippen MR) is 69.1 cm³/mol. The molecule has 1 aromatic rings. The maximum Gasteiger partial charge on any atom is 0.117 e. The van der Waals surface area contributed by atoms with Crippen LogP contribution in [0.15, 0.2) is 30.3 Å². The van der Waals surface area contributed by atoms with Crippen LogP contribution in [0.4, 0.5) is 4.39 Å². The zero-order chi connectivity index (χ0) is 12.4. The Kier molecular flexibility index (Phi) is 3.35. The average Bonchev–Trinajstić information content (AvgIpc) is 2.37. The summed E-state index contributed by atoms with van der Waals surface area (Å²) in [4.78, 5) is 2.35. The molecule has 3 heteroatoms. The van der Waals surface area contributed by atoms with E-state index >= 15 is 0 Å². The molecular formula is C15H20FNO. The summed E-state index contributed by atoms with van der Waals surface area (Å²) >= 11 is 0. The Hall–Kier alpha value is -0.930. The largest absolute Gasteiger partial charge is 0.366 e. The van der Waals surface area contributed by atoms with Gasteiger partial charge in [-0.2, -0.15) is 0 Å². The van der Waals surface area contributed by atoms with Crippen molar-refractivity contribution in [3.8, 4) is 0 Å². The third kappa shape index (κ3) is 2.43. The molecule has 3 rings (SSSR count). The number of morpholine rings is 1. The van der Waals surface area contributed by atoms with Crippen LogP contribution in [0.5, 0.6) is 0 Å². The fraction of sp³-hybridized carbons (Fsp3) is 0.600. The van der Waals surface area contributed by atoms with E-state index in [4.69, 9.17) is 4.74 Å². The molecular weight excluding hydrogens is 229 g/mol. The highest BCUT2D eigenvalue weighted by Crippen LogP contribution is 2.40. The van der Waals surface area contributed by atoms with E-state index in [1.807, 2.05) is 6.07 Å². The maximum absolute atomic E-state index is 12.9. The summed E-state index contributed by atoms with van der Waals surface area (Å²) in [5.41, 5.74) is 1.26. The van der Waals surface area contributed by atoms with Gasteiger partial charge in [0.25, 0.3) is 0 Å². The van der Waals surface area contributed by atoms with Crippen LogP contribution in [0.2, 0.25) is 0 Å². The zero-order valence-corrected chi connectivity index (χ0v) is 10.6. The molecule has 2 nitrogen and oxygen atoms in total. The minimum atomic E-state index is -0.368. The topological polar surface area (TPSA) is 12.5 Å². The lowest BCUT2D eigenvalue weighted by molar-refractivity contribution is -0.195. The number of alkyl halides is 1. The Bertz CT molecular complexity index is 391. The number of hydrogen-bond donors (Lipinski definition) is 0. The lowest BCUT2D eigenvalue weighted by Gasteiger charge is -2.51. The molecule has 1 unspecified atom stereocenters. The first kappa shape index (κ1) is 12.1. The van der Waals surface area contributed by atoms with Crippen LogP contribution in [0.25, 0.3) is 0 Å². The monoisotopic (exact) mass is 249 g/mol. The Balaban J connectivity index is 1.68. The third-order valence-electron chi connectivity index (χ3n) is 4.08. The van der Waals surface area contributed by atoms with E-state index in [1.165, 1.54) is 12.0 Å². The van der Waals surface area contributed by atoms with Gasteiger partial charge in [-0.05, 0) is 24.8 Å². The first-order valence-corrected chi connectivity index (χ1v) is 6.80. The summed E-state index contributed by atoms with van der Waals surface area (Å²) in [5.74, 6) is 0. The SMILES string of the molecule is FCC1CN(Cc2ccccc2)CC2(CCC2)O1. The second kappa shape index (κ2) is 4.98.